The van der Waals surface area contributed by atoms with E-state index in [1.54, 1.807) is 83.1 Å². The second kappa shape index (κ2) is 33.9. The van der Waals surface area contributed by atoms with Gasteiger partial charge in [0.15, 0.2) is 0 Å². The molecule has 0 saturated heterocycles. The van der Waals surface area contributed by atoms with Gasteiger partial charge in [0.1, 0.15) is 60.1 Å². The van der Waals surface area contributed by atoms with E-state index in [-0.39, 0.29) is 75.8 Å². The first-order valence-electron chi connectivity index (χ1n) is 27.8. The summed E-state index contributed by atoms with van der Waals surface area (Å²) >= 11 is 0. The van der Waals surface area contributed by atoms with Gasteiger partial charge in [0.25, 0.3) is 0 Å². The van der Waals surface area contributed by atoms with E-state index in [1.807, 2.05) is 47.6 Å². The number of rotatable bonds is 34. The molecule has 442 valence electrons. The fourth-order valence-electron chi connectivity index (χ4n) is 8.36. The number of hydrogen-bond donors (Lipinski definition) is 7. The molecule has 20 nitrogen and oxygen atoms in total. The Hall–Kier alpha value is -6.41. The Morgan fingerprint density at radius 1 is 0.696 bits per heavy atom. The van der Waals surface area contributed by atoms with Crippen LogP contribution in [0.1, 0.15) is 146 Å². The number of aliphatic hydroxyl groups excluding tert-OH is 1. The first-order valence-corrected chi connectivity index (χ1v) is 27.8. The van der Waals surface area contributed by atoms with Crippen LogP contribution >= 0.6 is 0 Å². The monoisotopic (exact) mass is 1110 g/mol. The van der Waals surface area contributed by atoms with Crippen LogP contribution < -0.4 is 37.1 Å². The van der Waals surface area contributed by atoms with Gasteiger partial charge in [-0.2, -0.15) is 0 Å². The van der Waals surface area contributed by atoms with Gasteiger partial charge in [0, 0.05) is 51.8 Å². The number of ether oxygens (including phenoxy) is 3. The molecule has 0 fully saturated rings. The van der Waals surface area contributed by atoms with Crippen LogP contribution in [-0.4, -0.2) is 132 Å². The fraction of sp³-hybridized carbons (Fsp3) is 0.644. The molecule has 0 radical (unpaired) electrons. The fourth-order valence-corrected chi connectivity index (χ4v) is 8.36. The summed E-state index contributed by atoms with van der Waals surface area (Å²) in [4.78, 5) is 127. The maximum atomic E-state index is 14.9. The van der Waals surface area contributed by atoms with Gasteiger partial charge in [-0.05, 0) is 94.4 Å². The Balaban J connectivity index is 2.70. The van der Waals surface area contributed by atoms with Gasteiger partial charge in [0.2, 0.25) is 35.4 Å². The van der Waals surface area contributed by atoms with Crippen molar-refractivity contribution in [2.24, 2.45) is 35.3 Å². The molecule has 0 aromatic heterocycles. The molecule has 8 N–H and O–H groups in total. The van der Waals surface area contributed by atoms with Crippen molar-refractivity contribution in [3.05, 3.63) is 65.7 Å². The molecule has 0 bridgehead atoms. The van der Waals surface area contributed by atoms with E-state index in [0.717, 1.165) is 0 Å². The van der Waals surface area contributed by atoms with E-state index in [0.29, 0.717) is 29.7 Å². The highest BCUT2D eigenvalue weighted by Gasteiger charge is 2.41. The summed E-state index contributed by atoms with van der Waals surface area (Å²) in [7, 11) is 2.87. The highest BCUT2D eigenvalue weighted by molar-refractivity contribution is 5.96. The molecule has 0 spiro atoms. The van der Waals surface area contributed by atoms with Gasteiger partial charge in [-0.15, -0.1) is 0 Å². The number of aliphatic hydroxyl groups is 1. The van der Waals surface area contributed by atoms with E-state index >= 15 is 0 Å². The van der Waals surface area contributed by atoms with Crippen LogP contribution in [0.2, 0.25) is 0 Å². The van der Waals surface area contributed by atoms with E-state index in [4.69, 9.17) is 19.9 Å². The van der Waals surface area contributed by atoms with Gasteiger partial charge in [0.05, 0.1) is 6.04 Å². The number of nitrogens with one attached hydrogen (secondary N) is 5. The van der Waals surface area contributed by atoms with Crippen LogP contribution in [0.4, 0.5) is 0 Å². The van der Waals surface area contributed by atoms with Gasteiger partial charge >= 0.3 is 11.9 Å². The molecule has 0 saturated carbocycles. The lowest BCUT2D eigenvalue weighted by molar-refractivity contribution is -0.159. The molecular formula is C59H93N7O13. The minimum Gasteiger partial charge on any atom is -0.488 e. The summed E-state index contributed by atoms with van der Waals surface area (Å²) in [6, 6.07) is 8.21. The number of nitrogens with zero attached hydrogens (tertiary/aromatic N) is 1. The van der Waals surface area contributed by atoms with Crippen LogP contribution in [-0.2, 0) is 65.7 Å². The number of likely N-dealkylation sites (N-methyl/N-ethyl adjacent to an activating group) is 1. The summed E-state index contributed by atoms with van der Waals surface area (Å²) in [6.07, 6.45) is -0.620. The molecule has 0 aliphatic carbocycles. The Kier molecular flexibility index (Phi) is 29.5. The predicted molar refractivity (Wildman–Crippen MR) is 301 cm³/mol. The highest BCUT2D eigenvalue weighted by Crippen LogP contribution is 2.23. The van der Waals surface area contributed by atoms with Crippen LogP contribution in [0.15, 0.2) is 54.6 Å². The first-order chi connectivity index (χ1) is 37.1. The zero-order chi connectivity index (χ0) is 59.7. The molecule has 0 aliphatic rings. The highest BCUT2D eigenvalue weighted by atomic mass is 16.5. The zero-order valence-electron chi connectivity index (χ0n) is 49.3. The van der Waals surface area contributed by atoms with Crippen molar-refractivity contribution in [3.8, 4) is 5.75 Å². The van der Waals surface area contributed by atoms with Crippen molar-refractivity contribution in [2.75, 3.05) is 20.7 Å². The number of amides is 6. The number of benzene rings is 2. The summed E-state index contributed by atoms with van der Waals surface area (Å²) < 4.78 is 17.7. The van der Waals surface area contributed by atoms with E-state index in [2.05, 4.69) is 26.6 Å². The Morgan fingerprint density at radius 2 is 1.28 bits per heavy atom. The SMILES string of the molecule is CC[C@H](C)[C@H](NC(=O)[C@H](Cc1ccc(OC(C)(C)C)cc1)N(C)C(=O)[C@@H](NC(=O)[C@@H](N)CCCO)[C@@H](C)CC)C(=O)O[C@H](C)[C@H](NC(=O)[C@H](CCC(=O)NC)CC(=O)C(C)C)C(=O)N[C@@H](CC(C)C)C(=O)OCc1ccccc1. The minimum atomic E-state index is -1.69. The third-order valence-corrected chi connectivity index (χ3v) is 13.8. The van der Waals surface area contributed by atoms with Gasteiger partial charge < -0.3 is 56.5 Å². The summed E-state index contributed by atoms with van der Waals surface area (Å²) in [5.41, 5.74) is 6.97. The van der Waals surface area contributed by atoms with Crippen LogP contribution in [0.5, 0.6) is 5.75 Å². The normalized spacial score (nSPS) is 15.3. The maximum absolute atomic E-state index is 14.9. The summed E-state index contributed by atoms with van der Waals surface area (Å²) in [5, 5.41) is 22.9. The van der Waals surface area contributed by atoms with Crippen molar-refractivity contribution in [3.63, 3.8) is 0 Å². The first kappa shape index (κ1) is 68.7. The third kappa shape index (κ3) is 23.8. The third-order valence-electron chi connectivity index (χ3n) is 13.8. The largest absolute Gasteiger partial charge is 0.488 e. The average molecular weight is 1110 g/mol. The van der Waals surface area contributed by atoms with Gasteiger partial charge in [-0.1, -0.05) is 111 Å². The molecule has 79 heavy (non-hydrogen) atoms. The molecule has 20 heteroatoms. The molecule has 2 aromatic carbocycles. The number of hydrogen-bond acceptors (Lipinski definition) is 14. The van der Waals surface area contributed by atoms with Crippen molar-refractivity contribution in [1.82, 2.24) is 31.5 Å². The maximum Gasteiger partial charge on any atom is 0.329 e. The second-order valence-corrected chi connectivity index (χ2v) is 22.4. The average Bonchev–Trinajstić information content (AvgIpc) is 3.40. The van der Waals surface area contributed by atoms with Crippen molar-refractivity contribution >= 4 is 53.2 Å². The molecular weight excluding hydrogens is 1010 g/mol. The number of carbonyl (C=O) groups is 9. The van der Waals surface area contributed by atoms with Crippen molar-refractivity contribution < 1.29 is 62.5 Å². The minimum absolute atomic E-state index is 0.0558. The lowest BCUT2D eigenvalue weighted by Crippen LogP contribution is -2.60. The van der Waals surface area contributed by atoms with Crippen molar-refractivity contribution in [1.29, 1.82) is 0 Å². The van der Waals surface area contributed by atoms with Gasteiger partial charge in [-0.25, -0.2) is 9.59 Å². The van der Waals surface area contributed by atoms with Crippen LogP contribution in [0, 0.1) is 29.6 Å². The lowest BCUT2D eigenvalue weighted by atomic mass is 9.91. The molecule has 0 heterocycles. The number of ketones is 1. The molecule has 2 aromatic rings. The van der Waals surface area contributed by atoms with Crippen LogP contribution in [0.3, 0.4) is 0 Å². The Labute approximate surface area is 468 Å². The number of esters is 2. The molecule has 0 unspecified atom stereocenters. The van der Waals surface area contributed by atoms with E-state index in [1.165, 1.54) is 25.9 Å². The lowest BCUT2D eigenvalue weighted by Gasteiger charge is -2.35. The topological polar surface area (TPSA) is 291 Å². The van der Waals surface area contributed by atoms with E-state index < -0.39 is 113 Å². The Morgan fingerprint density at radius 3 is 1.82 bits per heavy atom. The second-order valence-electron chi connectivity index (χ2n) is 22.4. The van der Waals surface area contributed by atoms with E-state index in [9.17, 15) is 48.3 Å². The number of carbonyl (C=O) groups excluding carboxylic acids is 9. The molecule has 0 aliphatic heterocycles. The van der Waals surface area contributed by atoms with Gasteiger partial charge in [-0.3, -0.25) is 33.6 Å². The predicted octanol–water partition coefficient (Wildman–Crippen LogP) is 4.84. The standard InChI is InChI=1S/C59H93N7O13/c1-15-37(7)49(63-53(71)44(60)23-20-30-67)56(74)66(14)46(32-40-24-27-43(28-25-40)79-59(10,11)12)54(72)64-50(38(8)16-2)58(76)78-39(9)51(65-52(70)42(26-29-48(69)61-13)33-47(68)36(5)6)55(73)62-45(31-35(3)4)57(75)77-34-41-21-18-17-19-22-41/h17-19,21-22,24-25,27-28,35-39,42,44-46,49-51,67H,15-16,20,23,26,29-34,60H2,1-14H3,(H,61,69)(H,62,73)(H,63,71)(H,64,72)(H,65,70)/t37-,38-,39+,42+,44-,45-,46-,49-,50-,51-/m0/s1. The zero-order valence-corrected chi connectivity index (χ0v) is 49.3. The van der Waals surface area contributed by atoms with Crippen LogP contribution in [0.25, 0.3) is 0 Å². The molecule has 10 atom stereocenters. The molecule has 6 amide bonds. The Bertz CT molecular complexity index is 2290. The van der Waals surface area contributed by atoms with Crippen molar-refractivity contribution in [2.45, 2.75) is 195 Å². The number of nitrogens with two attached hydrogens (primary N) is 1. The summed E-state index contributed by atoms with van der Waals surface area (Å²) in [5.74, 6) is -8.19. The smallest absolute Gasteiger partial charge is 0.329 e. The number of Topliss-reactive ketones (excluding diaryl/α,β-unsaturated/α-hetero) is 1. The quantitative estimate of drug-likeness (QED) is 0.0462. The summed E-state index contributed by atoms with van der Waals surface area (Å²) in [6.45, 7) is 21.0. The molecule has 2 rings (SSSR count).